The fourth-order valence-electron chi connectivity index (χ4n) is 2.49. The van der Waals surface area contributed by atoms with Crippen LogP contribution in [-0.4, -0.2) is 37.9 Å². The minimum Gasteiger partial charge on any atom is -0.468 e. The topological polar surface area (TPSA) is 47.6 Å². The molecule has 1 N–H and O–H groups in total. The molecule has 0 radical (unpaired) electrons. The number of ether oxygens (including phenoxy) is 2. The number of methoxy groups -OCH3 is 1. The van der Waals surface area contributed by atoms with Gasteiger partial charge in [0.2, 0.25) is 0 Å². The first-order valence-corrected chi connectivity index (χ1v) is 8.30. The molecule has 0 aromatic rings. The van der Waals surface area contributed by atoms with Crippen molar-refractivity contribution in [2.75, 3.05) is 20.3 Å². The molecule has 126 valence electrons. The number of nitrogens with one attached hydrogen (secondary N) is 1. The molecule has 21 heavy (non-hydrogen) atoms. The predicted molar refractivity (Wildman–Crippen MR) is 87.4 cm³/mol. The molecule has 2 atom stereocenters. The summed E-state index contributed by atoms with van der Waals surface area (Å²) in [7, 11) is 1.45. The predicted octanol–water partition coefficient (Wildman–Crippen LogP) is 3.54. The van der Waals surface area contributed by atoms with Crippen LogP contribution in [-0.2, 0) is 14.3 Å². The van der Waals surface area contributed by atoms with Gasteiger partial charge in [-0.1, -0.05) is 20.8 Å². The summed E-state index contributed by atoms with van der Waals surface area (Å²) in [6.07, 6.45) is 5.12. The molecular formula is C17H35NO3. The monoisotopic (exact) mass is 301 g/mol. The molecule has 0 fully saturated rings. The lowest BCUT2D eigenvalue weighted by molar-refractivity contribution is -0.148. The zero-order valence-corrected chi connectivity index (χ0v) is 14.8. The van der Waals surface area contributed by atoms with Crippen LogP contribution in [0.2, 0.25) is 0 Å². The Morgan fingerprint density at radius 2 is 1.90 bits per heavy atom. The van der Waals surface area contributed by atoms with Crippen LogP contribution in [0.3, 0.4) is 0 Å². The first-order chi connectivity index (χ1) is 9.85. The molecule has 4 heteroatoms. The van der Waals surface area contributed by atoms with E-state index < -0.39 is 5.54 Å². The van der Waals surface area contributed by atoms with Crippen LogP contribution in [0.4, 0.5) is 0 Å². The Kier molecular flexibility index (Phi) is 10.7. The number of hydrogen-bond donors (Lipinski definition) is 1. The van der Waals surface area contributed by atoms with Gasteiger partial charge in [-0.25, -0.2) is 0 Å². The van der Waals surface area contributed by atoms with E-state index in [2.05, 4.69) is 33.0 Å². The third-order valence-corrected chi connectivity index (χ3v) is 3.68. The molecular weight excluding hydrogens is 266 g/mol. The molecule has 0 bridgehead atoms. The van der Waals surface area contributed by atoms with Crippen molar-refractivity contribution >= 4 is 5.97 Å². The van der Waals surface area contributed by atoms with E-state index >= 15 is 0 Å². The average Bonchev–Trinajstić information content (AvgIpc) is 2.43. The van der Waals surface area contributed by atoms with Gasteiger partial charge in [0.1, 0.15) is 5.54 Å². The summed E-state index contributed by atoms with van der Waals surface area (Å²) in [5.74, 6) is 0.492. The highest BCUT2D eigenvalue weighted by Gasteiger charge is 2.32. The standard InChI is InChI=1S/C17H35NO3/c1-7-11-18-17(5,16(19)20-6)10-8-9-12-21-15(4)13-14(2)3/h14-15,18H,7-13H2,1-6H3. The van der Waals surface area contributed by atoms with E-state index in [0.717, 1.165) is 45.3 Å². The van der Waals surface area contributed by atoms with Crippen molar-refractivity contribution in [3.8, 4) is 0 Å². The second-order valence-corrected chi connectivity index (χ2v) is 6.52. The third-order valence-electron chi connectivity index (χ3n) is 3.68. The molecule has 0 saturated heterocycles. The number of carbonyl (C=O) groups is 1. The van der Waals surface area contributed by atoms with Crippen molar-refractivity contribution in [1.82, 2.24) is 5.32 Å². The van der Waals surface area contributed by atoms with Gasteiger partial charge in [0.25, 0.3) is 0 Å². The summed E-state index contributed by atoms with van der Waals surface area (Å²) < 4.78 is 10.7. The zero-order chi connectivity index (χ0) is 16.3. The molecule has 0 rings (SSSR count). The molecule has 0 aliphatic carbocycles. The highest BCUT2D eigenvalue weighted by Crippen LogP contribution is 2.16. The first-order valence-electron chi connectivity index (χ1n) is 8.30. The van der Waals surface area contributed by atoms with Crippen molar-refractivity contribution in [2.24, 2.45) is 5.92 Å². The van der Waals surface area contributed by atoms with E-state index in [1.54, 1.807) is 0 Å². The number of esters is 1. The Bertz CT molecular complexity index is 281. The highest BCUT2D eigenvalue weighted by molar-refractivity contribution is 5.80. The number of unbranched alkanes of at least 4 members (excludes halogenated alkanes) is 1. The van der Waals surface area contributed by atoms with Crippen molar-refractivity contribution in [2.45, 2.75) is 78.4 Å². The Labute approximate surface area is 131 Å². The molecule has 0 amide bonds. The Hall–Kier alpha value is -0.610. The zero-order valence-electron chi connectivity index (χ0n) is 14.8. The van der Waals surface area contributed by atoms with Gasteiger partial charge in [0.15, 0.2) is 0 Å². The molecule has 0 aromatic carbocycles. The number of carbonyl (C=O) groups excluding carboxylic acids is 1. The van der Waals surface area contributed by atoms with Crippen LogP contribution in [0.25, 0.3) is 0 Å². The van der Waals surface area contributed by atoms with Crippen LogP contribution in [0.1, 0.15) is 66.7 Å². The summed E-state index contributed by atoms with van der Waals surface area (Å²) in [6.45, 7) is 12.2. The maximum absolute atomic E-state index is 11.9. The van der Waals surface area contributed by atoms with E-state index in [-0.39, 0.29) is 5.97 Å². The van der Waals surface area contributed by atoms with Gasteiger partial charge in [-0.15, -0.1) is 0 Å². The van der Waals surface area contributed by atoms with Gasteiger partial charge in [-0.05, 0) is 58.4 Å². The van der Waals surface area contributed by atoms with E-state index in [0.29, 0.717) is 12.0 Å². The third kappa shape index (κ3) is 9.10. The average molecular weight is 301 g/mol. The molecule has 0 aliphatic rings. The smallest absolute Gasteiger partial charge is 0.325 e. The summed E-state index contributed by atoms with van der Waals surface area (Å²) in [4.78, 5) is 11.9. The van der Waals surface area contributed by atoms with Crippen molar-refractivity contribution in [1.29, 1.82) is 0 Å². The van der Waals surface area contributed by atoms with Crippen molar-refractivity contribution in [3.63, 3.8) is 0 Å². The maximum atomic E-state index is 11.9. The van der Waals surface area contributed by atoms with E-state index in [1.165, 1.54) is 7.11 Å². The van der Waals surface area contributed by atoms with Crippen molar-refractivity contribution < 1.29 is 14.3 Å². The fraction of sp³-hybridized carbons (Fsp3) is 0.941. The van der Waals surface area contributed by atoms with Gasteiger partial charge in [0, 0.05) is 6.61 Å². The molecule has 2 unspecified atom stereocenters. The minimum absolute atomic E-state index is 0.176. The molecule has 0 heterocycles. The van der Waals surface area contributed by atoms with Crippen LogP contribution in [0, 0.1) is 5.92 Å². The Morgan fingerprint density at radius 1 is 1.24 bits per heavy atom. The molecule has 4 nitrogen and oxygen atoms in total. The molecule has 0 aliphatic heterocycles. The molecule has 0 saturated carbocycles. The van der Waals surface area contributed by atoms with Crippen LogP contribution in [0.15, 0.2) is 0 Å². The normalized spacial score (nSPS) is 15.8. The second kappa shape index (κ2) is 11.0. The van der Waals surface area contributed by atoms with Crippen molar-refractivity contribution in [3.05, 3.63) is 0 Å². The van der Waals surface area contributed by atoms with Crippen LogP contribution >= 0.6 is 0 Å². The van der Waals surface area contributed by atoms with E-state index in [1.807, 2.05) is 6.92 Å². The van der Waals surface area contributed by atoms with Gasteiger partial charge in [0.05, 0.1) is 13.2 Å². The second-order valence-electron chi connectivity index (χ2n) is 6.52. The largest absolute Gasteiger partial charge is 0.468 e. The SMILES string of the molecule is CCCNC(C)(CCCCOC(C)CC(C)C)C(=O)OC. The summed E-state index contributed by atoms with van der Waals surface area (Å²) >= 11 is 0. The lowest BCUT2D eigenvalue weighted by atomic mass is 9.94. The number of rotatable bonds is 12. The van der Waals surface area contributed by atoms with Gasteiger partial charge >= 0.3 is 5.97 Å². The Morgan fingerprint density at radius 3 is 2.43 bits per heavy atom. The quantitative estimate of drug-likeness (QED) is 0.442. The maximum Gasteiger partial charge on any atom is 0.325 e. The van der Waals surface area contributed by atoms with Gasteiger partial charge in [-0.3, -0.25) is 4.79 Å². The summed E-state index contributed by atoms with van der Waals surface area (Å²) in [5, 5.41) is 3.31. The Balaban J connectivity index is 4.01. The van der Waals surface area contributed by atoms with Crippen LogP contribution in [0.5, 0.6) is 0 Å². The van der Waals surface area contributed by atoms with Gasteiger partial charge < -0.3 is 14.8 Å². The summed E-state index contributed by atoms with van der Waals surface area (Å²) in [6, 6.07) is 0. The minimum atomic E-state index is -0.575. The van der Waals surface area contributed by atoms with E-state index in [4.69, 9.17) is 9.47 Å². The van der Waals surface area contributed by atoms with Gasteiger partial charge in [-0.2, -0.15) is 0 Å². The first kappa shape index (κ1) is 20.4. The highest BCUT2D eigenvalue weighted by atomic mass is 16.5. The lowest BCUT2D eigenvalue weighted by Gasteiger charge is -2.28. The summed E-state index contributed by atoms with van der Waals surface area (Å²) in [5.41, 5.74) is -0.575. The lowest BCUT2D eigenvalue weighted by Crippen LogP contribution is -2.50. The molecule has 0 spiro atoms. The molecule has 0 aromatic heterocycles. The number of hydrogen-bond acceptors (Lipinski definition) is 4. The van der Waals surface area contributed by atoms with Crippen LogP contribution < -0.4 is 5.32 Å². The fourth-order valence-corrected chi connectivity index (χ4v) is 2.49. The van der Waals surface area contributed by atoms with E-state index in [9.17, 15) is 4.79 Å².